The molecule has 0 aliphatic carbocycles. The Hall–Kier alpha value is -2.02. The van der Waals surface area contributed by atoms with E-state index in [9.17, 15) is 13.6 Å². The number of H-pyrrole nitrogens is 1. The quantitative estimate of drug-likeness (QED) is 0.790. The minimum Gasteiger partial charge on any atom is -0.375 e. The van der Waals surface area contributed by atoms with Crippen LogP contribution in [0.4, 0.5) is 14.5 Å². The SMILES string of the molecule is O=C(CCOCC(F)F)Nc1cccc2[nH]cnc12. The monoisotopic (exact) mass is 269 g/mol. The molecule has 1 aromatic heterocycles. The number of rotatable bonds is 6. The van der Waals surface area contributed by atoms with Crippen molar-refractivity contribution < 1.29 is 18.3 Å². The van der Waals surface area contributed by atoms with E-state index in [1.165, 1.54) is 6.33 Å². The van der Waals surface area contributed by atoms with Crippen molar-refractivity contribution in [3.05, 3.63) is 24.5 Å². The highest BCUT2D eigenvalue weighted by atomic mass is 19.3. The molecule has 7 heteroatoms. The van der Waals surface area contributed by atoms with E-state index in [-0.39, 0.29) is 18.9 Å². The molecule has 0 saturated heterocycles. The van der Waals surface area contributed by atoms with Gasteiger partial charge >= 0.3 is 0 Å². The number of anilines is 1. The van der Waals surface area contributed by atoms with Crippen molar-refractivity contribution >= 4 is 22.6 Å². The first kappa shape index (κ1) is 13.4. The number of para-hydroxylation sites is 1. The maximum atomic E-state index is 11.8. The lowest BCUT2D eigenvalue weighted by atomic mass is 10.2. The van der Waals surface area contributed by atoms with Crippen molar-refractivity contribution in [2.75, 3.05) is 18.5 Å². The lowest BCUT2D eigenvalue weighted by Crippen LogP contribution is -2.15. The molecule has 5 nitrogen and oxygen atoms in total. The average Bonchev–Trinajstić information content (AvgIpc) is 2.84. The van der Waals surface area contributed by atoms with Gasteiger partial charge in [-0.25, -0.2) is 13.8 Å². The second-order valence-electron chi connectivity index (χ2n) is 3.87. The molecule has 0 aliphatic heterocycles. The molecular weight excluding hydrogens is 256 g/mol. The third kappa shape index (κ3) is 3.72. The summed E-state index contributed by atoms with van der Waals surface area (Å²) in [6, 6.07) is 5.34. The lowest BCUT2D eigenvalue weighted by molar-refractivity contribution is -0.117. The molecule has 19 heavy (non-hydrogen) atoms. The molecule has 2 aromatic rings. The van der Waals surface area contributed by atoms with E-state index in [0.717, 1.165) is 5.52 Å². The molecule has 1 aromatic carbocycles. The number of halogens is 2. The number of nitrogens with one attached hydrogen (secondary N) is 2. The number of benzene rings is 1. The first-order chi connectivity index (χ1) is 9.16. The zero-order valence-electron chi connectivity index (χ0n) is 10.0. The Kier molecular flexibility index (Phi) is 4.40. The first-order valence-electron chi connectivity index (χ1n) is 5.74. The van der Waals surface area contributed by atoms with Crippen molar-refractivity contribution in [3.8, 4) is 0 Å². The van der Waals surface area contributed by atoms with E-state index in [4.69, 9.17) is 0 Å². The molecule has 2 rings (SSSR count). The van der Waals surface area contributed by atoms with Crippen molar-refractivity contribution in [2.24, 2.45) is 0 Å². The maximum absolute atomic E-state index is 11.8. The molecular formula is C12H13F2N3O2. The summed E-state index contributed by atoms with van der Waals surface area (Å²) in [5.41, 5.74) is 2.05. The third-order valence-corrected chi connectivity index (χ3v) is 2.44. The van der Waals surface area contributed by atoms with E-state index in [1.54, 1.807) is 12.1 Å². The van der Waals surface area contributed by atoms with Crippen LogP contribution in [0.5, 0.6) is 0 Å². The molecule has 0 aliphatic rings. The molecule has 2 N–H and O–H groups in total. The van der Waals surface area contributed by atoms with Gasteiger partial charge in [-0.15, -0.1) is 0 Å². The first-order valence-corrected chi connectivity index (χ1v) is 5.74. The zero-order valence-corrected chi connectivity index (χ0v) is 10.0. The van der Waals surface area contributed by atoms with Gasteiger partial charge in [-0.05, 0) is 12.1 Å². The molecule has 0 saturated carbocycles. The normalized spacial score (nSPS) is 11.1. The number of hydrogen-bond acceptors (Lipinski definition) is 3. The number of ether oxygens (including phenoxy) is 1. The summed E-state index contributed by atoms with van der Waals surface area (Å²) in [6.07, 6.45) is -0.958. The molecule has 0 spiro atoms. The summed E-state index contributed by atoms with van der Waals surface area (Å²) in [5.74, 6) is -0.301. The van der Waals surface area contributed by atoms with Gasteiger partial charge in [0.15, 0.2) is 0 Å². The standard InChI is InChI=1S/C12H13F2N3O2/c13-10(14)6-19-5-4-11(18)17-9-3-1-2-8-12(9)16-7-15-8/h1-3,7,10H,4-6H2,(H,15,16)(H,17,18). The number of fused-ring (bicyclic) bond motifs is 1. The van der Waals surface area contributed by atoms with E-state index < -0.39 is 13.0 Å². The van der Waals surface area contributed by atoms with Gasteiger partial charge < -0.3 is 15.0 Å². The molecule has 102 valence electrons. The predicted octanol–water partition coefficient (Wildman–Crippen LogP) is 2.17. The smallest absolute Gasteiger partial charge is 0.261 e. The van der Waals surface area contributed by atoms with Crippen LogP contribution in [-0.2, 0) is 9.53 Å². The second kappa shape index (κ2) is 6.24. The molecule has 1 heterocycles. The summed E-state index contributed by atoms with van der Waals surface area (Å²) in [5, 5.41) is 2.67. The highest BCUT2D eigenvalue weighted by molar-refractivity contribution is 5.99. The number of nitrogens with zero attached hydrogens (tertiary/aromatic N) is 1. The number of carbonyl (C=O) groups excluding carboxylic acids is 1. The van der Waals surface area contributed by atoms with Gasteiger partial charge in [-0.1, -0.05) is 6.07 Å². The Balaban J connectivity index is 1.87. The van der Waals surface area contributed by atoms with Crippen LogP contribution in [0.1, 0.15) is 6.42 Å². The van der Waals surface area contributed by atoms with E-state index in [2.05, 4.69) is 20.0 Å². The molecule has 0 unspecified atom stereocenters. The van der Waals surface area contributed by atoms with Crippen LogP contribution < -0.4 is 5.32 Å². The Morgan fingerprint density at radius 2 is 2.32 bits per heavy atom. The van der Waals surface area contributed by atoms with Gasteiger partial charge in [0.25, 0.3) is 6.43 Å². The highest BCUT2D eigenvalue weighted by Crippen LogP contribution is 2.19. The summed E-state index contributed by atoms with van der Waals surface area (Å²) in [6.45, 7) is -0.686. The van der Waals surface area contributed by atoms with Crippen LogP contribution in [-0.4, -0.2) is 35.5 Å². The number of amides is 1. The lowest BCUT2D eigenvalue weighted by Gasteiger charge is -2.06. The third-order valence-electron chi connectivity index (χ3n) is 2.44. The van der Waals surface area contributed by atoms with Gasteiger partial charge in [0.2, 0.25) is 5.91 Å². The van der Waals surface area contributed by atoms with Crippen LogP contribution in [0.3, 0.4) is 0 Å². The Bertz CT molecular complexity index is 557. The summed E-state index contributed by atoms with van der Waals surface area (Å²) >= 11 is 0. The van der Waals surface area contributed by atoms with Crippen LogP contribution in [0.2, 0.25) is 0 Å². The number of alkyl halides is 2. The fraction of sp³-hybridized carbons (Fsp3) is 0.333. The topological polar surface area (TPSA) is 67.0 Å². The van der Waals surface area contributed by atoms with Crippen LogP contribution >= 0.6 is 0 Å². The number of imidazole rings is 1. The average molecular weight is 269 g/mol. The fourth-order valence-corrected chi connectivity index (χ4v) is 1.62. The van der Waals surface area contributed by atoms with Crippen LogP contribution in [0.25, 0.3) is 11.0 Å². The van der Waals surface area contributed by atoms with Crippen molar-refractivity contribution in [1.82, 2.24) is 9.97 Å². The van der Waals surface area contributed by atoms with E-state index >= 15 is 0 Å². The fourth-order valence-electron chi connectivity index (χ4n) is 1.62. The highest BCUT2D eigenvalue weighted by Gasteiger charge is 2.08. The Labute approximate surface area is 108 Å². The molecule has 0 atom stereocenters. The summed E-state index contributed by atoms with van der Waals surface area (Å²) in [7, 11) is 0. The Morgan fingerprint density at radius 3 is 3.11 bits per heavy atom. The van der Waals surface area contributed by atoms with Gasteiger partial charge in [-0.3, -0.25) is 4.79 Å². The van der Waals surface area contributed by atoms with Crippen LogP contribution in [0.15, 0.2) is 24.5 Å². The maximum Gasteiger partial charge on any atom is 0.261 e. The number of aromatic amines is 1. The molecule has 0 radical (unpaired) electrons. The van der Waals surface area contributed by atoms with E-state index in [1.807, 2.05) is 6.07 Å². The second-order valence-corrected chi connectivity index (χ2v) is 3.87. The number of aromatic nitrogens is 2. The molecule has 0 fully saturated rings. The van der Waals surface area contributed by atoms with Crippen LogP contribution in [0, 0.1) is 0 Å². The molecule has 1 amide bonds. The van der Waals surface area contributed by atoms with Crippen molar-refractivity contribution in [1.29, 1.82) is 0 Å². The van der Waals surface area contributed by atoms with Gasteiger partial charge in [0.1, 0.15) is 12.1 Å². The number of hydrogen-bond donors (Lipinski definition) is 2. The Morgan fingerprint density at radius 1 is 1.47 bits per heavy atom. The minimum atomic E-state index is -2.51. The summed E-state index contributed by atoms with van der Waals surface area (Å²) in [4.78, 5) is 18.6. The van der Waals surface area contributed by atoms with Crippen molar-refractivity contribution in [3.63, 3.8) is 0 Å². The predicted molar refractivity (Wildman–Crippen MR) is 66.2 cm³/mol. The minimum absolute atomic E-state index is 0.0214. The zero-order chi connectivity index (χ0) is 13.7. The van der Waals surface area contributed by atoms with Gasteiger partial charge in [0, 0.05) is 0 Å². The van der Waals surface area contributed by atoms with E-state index in [0.29, 0.717) is 11.2 Å². The summed E-state index contributed by atoms with van der Waals surface area (Å²) < 4.78 is 28.3. The van der Waals surface area contributed by atoms with Crippen molar-refractivity contribution in [2.45, 2.75) is 12.8 Å². The largest absolute Gasteiger partial charge is 0.375 e. The van der Waals surface area contributed by atoms with Gasteiger partial charge in [-0.2, -0.15) is 0 Å². The number of carbonyl (C=O) groups is 1. The van der Waals surface area contributed by atoms with Gasteiger partial charge in [0.05, 0.1) is 30.6 Å². The molecule has 0 bridgehead atoms.